The van der Waals surface area contributed by atoms with E-state index in [0.29, 0.717) is 5.25 Å². The van der Waals surface area contributed by atoms with Gasteiger partial charge in [-0.05, 0) is 19.1 Å². The van der Waals surface area contributed by atoms with Crippen molar-refractivity contribution in [1.82, 2.24) is 10.2 Å². The number of amides is 2. The standard InChI is InChI=1S/C12H20N2O4S/c1-19-10-4-2-3-8(10)13-12(18)14-6-7(15)5-9(14)11(16)17/h7-10,15H,2-6H2,1H3,(H,13,18)(H,16,17)/t7-,8?,9-,10?/m1/s1. The molecule has 3 N–H and O–H groups in total. The number of aliphatic hydroxyl groups excluding tert-OH is 1. The van der Waals surface area contributed by atoms with Crippen molar-refractivity contribution in [2.45, 2.75) is 49.1 Å². The number of nitrogens with zero attached hydrogens (tertiary/aromatic N) is 1. The van der Waals surface area contributed by atoms with Crippen LogP contribution in [0, 0.1) is 0 Å². The van der Waals surface area contributed by atoms with Gasteiger partial charge in [-0.2, -0.15) is 11.8 Å². The van der Waals surface area contributed by atoms with Crippen LogP contribution in [0.5, 0.6) is 0 Å². The number of hydrogen-bond donors (Lipinski definition) is 3. The summed E-state index contributed by atoms with van der Waals surface area (Å²) in [5.74, 6) is -1.06. The number of carboxylic acid groups (broad SMARTS) is 1. The van der Waals surface area contributed by atoms with Crippen LogP contribution < -0.4 is 5.32 Å². The van der Waals surface area contributed by atoms with Crippen LogP contribution in [0.2, 0.25) is 0 Å². The summed E-state index contributed by atoms with van der Waals surface area (Å²) in [4.78, 5) is 24.5. The first-order valence-electron chi connectivity index (χ1n) is 6.53. The third kappa shape index (κ3) is 3.14. The Morgan fingerprint density at radius 2 is 2.11 bits per heavy atom. The summed E-state index contributed by atoms with van der Waals surface area (Å²) in [7, 11) is 0. The lowest BCUT2D eigenvalue weighted by molar-refractivity contribution is -0.141. The number of hydrogen-bond acceptors (Lipinski definition) is 4. The van der Waals surface area contributed by atoms with Crippen LogP contribution in [0.15, 0.2) is 0 Å². The highest BCUT2D eigenvalue weighted by Crippen LogP contribution is 2.29. The molecule has 0 aromatic heterocycles. The Morgan fingerprint density at radius 3 is 2.74 bits per heavy atom. The molecule has 0 spiro atoms. The average Bonchev–Trinajstić information content (AvgIpc) is 2.95. The average molecular weight is 288 g/mol. The molecular formula is C12H20N2O4S. The van der Waals surface area contributed by atoms with Crippen LogP contribution in [0.4, 0.5) is 4.79 Å². The minimum absolute atomic E-state index is 0.0967. The highest BCUT2D eigenvalue weighted by atomic mass is 32.2. The number of urea groups is 1. The molecule has 0 radical (unpaired) electrons. The molecule has 2 aliphatic rings. The normalized spacial score (nSPS) is 34.5. The summed E-state index contributed by atoms with van der Waals surface area (Å²) in [5.41, 5.74) is 0. The zero-order chi connectivity index (χ0) is 14.0. The smallest absolute Gasteiger partial charge is 0.326 e. The number of β-amino-alcohol motifs (C(OH)–C–C–N with tert-alkyl or cyclic N) is 1. The lowest BCUT2D eigenvalue weighted by Gasteiger charge is -2.26. The Labute approximate surface area is 116 Å². The van der Waals surface area contributed by atoms with Crippen molar-refractivity contribution in [3.05, 3.63) is 0 Å². The molecular weight excluding hydrogens is 268 g/mol. The van der Waals surface area contributed by atoms with Gasteiger partial charge in [0.1, 0.15) is 6.04 Å². The molecule has 2 amide bonds. The summed E-state index contributed by atoms with van der Waals surface area (Å²) >= 11 is 1.73. The number of nitrogens with one attached hydrogen (secondary N) is 1. The fourth-order valence-electron chi connectivity index (χ4n) is 2.89. The Hall–Kier alpha value is -0.950. The van der Waals surface area contributed by atoms with E-state index in [9.17, 15) is 14.7 Å². The van der Waals surface area contributed by atoms with E-state index in [0.717, 1.165) is 19.3 Å². The van der Waals surface area contributed by atoms with E-state index in [1.165, 1.54) is 4.90 Å². The van der Waals surface area contributed by atoms with Crippen molar-refractivity contribution in [2.75, 3.05) is 12.8 Å². The quantitative estimate of drug-likeness (QED) is 0.703. The van der Waals surface area contributed by atoms with Crippen LogP contribution in [0.3, 0.4) is 0 Å². The van der Waals surface area contributed by atoms with E-state index in [4.69, 9.17) is 5.11 Å². The number of aliphatic hydroxyl groups is 1. The molecule has 108 valence electrons. The number of carboxylic acids is 1. The molecule has 0 aromatic carbocycles. The van der Waals surface area contributed by atoms with Crippen molar-refractivity contribution in [1.29, 1.82) is 0 Å². The molecule has 2 fully saturated rings. The molecule has 6 nitrogen and oxygen atoms in total. The van der Waals surface area contributed by atoms with Gasteiger partial charge in [0.15, 0.2) is 0 Å². The van der Waals surface area contributed by atoms with Crippen LogP contribution >= 0.6 is 11.8 Å². The summed E-state index contributed by atoms with van der Waals surface area (Å²) in [6.07, 6.45) is 4.49. The Morgan fingerprint density at radius 1 is 1.37 bits per heavy atom. The Kier molecular flexibility index (Phi) is 4.57. The van der Waals surface area contributed by atoms with Crippen molar-refractivity contribution >= 4 is 23.8 Å². The highest BCUT2D eigenvalue weighted by Gasteiger charge is 2.40. The first-order valence-corrected chi connectivity index (χ1v) is 7.82. The van der Waals surface area contributed by atoms with Gasteiger partial charge in [0.25, 0.3) is 0 Å². The van der Waals surface area contributed by atoms with E-state index < -0.39 is 18.1 Å². The van der Waals surface area contributed by atoms with Crippen LogP contribution in [0.1, 0.15) is 25.7 Å². The molecule has 1 aliphatic heterocycles. The van der Waals surface area contributed by atoms with Gasteiger partial charge in [-0.1, -0.05) is 6.42 Å². The number of carbonyl (C=O) groups is 2. The maximum absolute atomic E-state index is 12.2. The maximum atomic E-state index is 12.2. The van der Waals surface area contributed by atoms with Gasteiger partial charge in [0.2, 0.25) is 0 Å². The molecule has 0 aromatic rings. The fourth-order valence-corrected chi connectivity index (χ4v) is 3.82. The topological polar surface area (TPSA) is 89.9 Å². The largest absolute Gasteiger partial charge is 0.480 e. The van der Waals surface area contributed by atoms with Gasteiger partial charge in [0, 0.05) is 24.3 Å². The summed E-state index contributed by atoms with van der Waals surface area (Å²) in [6, 6.07) is -1.17. The van der Waals surface area contributed by atoms with Crippen LogP contribution in [0.25, 0.3) is 0 Å². The van der Waals surface area contributed by atoms with Crippen molar-refractivity contribution < 1.29 is 19.8 Å². The zero-order valence-electron chi connectivity index (χ0n) is 10.9. The van der Waals surface area contributed by atoms with Crippen LogP contribution in [-0.4, -0.2) is 63.4 Å². The van der Waals surface area contributed by atoms with E-state index >= 15 is 0 Å². The molecule has 19 heavy (non-hydrogen) atoms. The predicted molar refractivity (Wildman–Crippen MR) is 72.2 cm³/mol. The molecule has 1 saturated heterocycles. The molecule has 1 saturated carbocycles. The van der Waals surface area contributed by atoms with E-state index in [2.05, 4.69) is 5.32 Å². The van der Waals surface area contributed by atoms with Gasteiger partial charge in [-0.15, -0.1) is 0 Å². The molecule has 0 bridgehead atoms. The second kappa shape index (κ2) is 6.00. The summed E-state index contributed by atoms with van der Waals surface area (Å²) in [6.45, 7) is 0.0967. The Bertz CT molecular complexity index is 366. The first kappa shape index (κ1) is 14.5. The fraction of sp³-hybridized carbons (Fsp3) is 0.833. The van der Waals surface area contributed by atoms with Crippen LogP contribution in [-0.2, 0) is 4.79 Å². The van der Waals surface area contributed by atoms with E-state index in [-0.39, 0.29) is 25.0 Å². The highest BCUT2D eigenvalue weighted by molar-refractivity contribution is 7.99. The number of rotatable bonds is 3. The van der Waals surface area contributed by atoms with E-state index in [1.807, 2.05) is 6.26 Å². The minimum atomic E-state index is -1.06. The Balaban J connectivity index is 1.97. The van der Waals surface area contributed by atoms with Crippen molar-refractivity contribution in [2.24, 2.45) is 0 Å². The lowest BCUT2D eigenvalue weighted by Crippen LogP contribution is -2.50. The molecule has 4 atom stereocenters. The summed E-state index contributed by atoms with van der Waals surface area (Å²) < 4.78 is 0. The molecule has 2 rings (SSSR count). The second-order valence-electron chi connectivity index (χ2n) is 5.16. The zero-order valence-corrected chi connectivity index (χ0v) is 11.7. The monoisotopic (exact) mass is 288 g/mol. The van der Waals surface area contributed by atoms with Gasteiger partial charge in [-0.25, -0.2) is 9.59 Å². The van der Waals surface area contributed by atoms with Gasteiger partial charge >= 0.3 is 12.0 Å². The minimum Gasteiger partial charge on any atom is -0.480 e. The predicted octanol–water partition coefficient (Wildman–Crippen LogP) is 0.500. The number of aliphatic carboxylic acids is 1. The molecule has 7 heteroatoms. The van der Waals surface area contributed by atoms with E-state index in [1.54, 1.807) is 11.8 Å². The van der Waals surface area contributed by atoms with Crippen molar-refractivity contribution in [3.8, 4) is 0 Å². The summed E-state index contributed by atoms with van der Waals surface area (Å²) in [5, 5.41) is 21.9. The van der Waals surface area contributed by atoms with Gasteiger partial charge < -0.3 is 20.4 Å². The second-order valence-corrected chi connectivity index (χ2v) is 6.23. The number of carbonyl (C=O) groups excluding carboxylic acids is 1. The van der Waals surface area contributed by atoms with Gasteiger partial charge in [0.05, 0.1) is 6.10 Å². The number of thioether (sulfide) groups is 1. The number of likely N-dealkylation sites (tertiary alicyclic amines) is 1. The lowest BCUT2D eigenvalue weighted by atomic mass is 10.2. The van der Waals surface area contributed by atoms with Gasteiger partial charge in [-0.3, -0.25) is 0 Å². The third-order valence-corrected chi connectivity index (χ3v) is 5.06. The SMILES string of the molecule is CSC1CCCC1NC(=O)N1C[C@H](O)C[C@@H]1C(=O)O. The third-order valence-electron chi connectivity index (χ3n) is 3.89. The molecule has 2 unspecified atom stereocenters. The van der Waals surface area contributed by atoms with Crippen molar-refractivity contribution in [3.63, 3.8) is 0 Å². The first-order chi connectivity index (χ1) is 9.02. The maximum Gasteiger partial charge on any atom is 0.326 e. The molecule has 1 aliphatic carbocycles. The molecule has 1 heterocycles.